The molecule has 0 aliphatic heterocycles. The van der Waals surface area contributed by atoms with Gasteiger partial charge in [0.15, 0.2) is 5.13 Å². The Morgan fingerprint density at radius 1 is 1.17 bits per heavy atom. The molecule has 1 amide bonds. The minimum absolute atomic E-state index is 0.206. The molecule has 0 bridgehead atoms. The van der Waals surface area contributed by atoms with Crippen LogP contribution in [0.25, 0.3) is 11.3 Å². The third-order valence-corrected chi connectivity index (χ3v) is 6.62. The predicted octanol–water partition coefficient (Wildman–Crippen LogP) is 5.46. The molecule has 7 nitrogen and oxygen atoms in total. The summed E-state index contributed by atoms with van der Waals surface area (Å²) in [5.74, 6) is -0.827. The normalized spacial score (nSPS) is 11.8. The number of nitrogens with one attached hydrogen (secondary N) is 1. The van der Waals surface area contributed by atoms with Crippen LogP contribution in [0.1, 0.15) is 49.5 Å². The molecule has 35 heavy (non-hydrogen) atoms. The number of aromatic nitrogens is 1. The highest BCUT2D eigenvalue weighted by molar-refractivity contribution is 7.14. The molecular formula is C27H33N3O4S. The van der Waals surface area contributed by atoms with Crippen LogP contribution < -0.4 is 15.0 Å². The molecule has 8 heteroatoms. The summed E-state index contributed by atoms with van der Waals surface area (Å²) in [7, 11) is 1.65. The fourth-order valence-electron chi connectivity index (χ4n) is 3.64. The molecule has 0 saturated carbocycles. The molecule has 3 rings (SSSR count). The van der Waals surface area contributed by atoms with Gasteiger partial charge in [-0.2, -0.15) is 0 Å². The van der Waals surface area contributed by atoms with Crippen molar-refractivity contribution in [2.75, 3.05) is 18.6 Å². The number of methoxy groups -OCH3 is 1. The molecule has 3 aromatic rings. The summed E-state index contributed by atoms with van der Waals surface area (Å²) < 4.78 is 5.34. The van der Waals surface area contributed by atoms with Crippen LogP contribution >= 0.6 is 11.3 Å². The molecule has 0 saturated heterocycles. The summed E-state index contributed by atoms with van der Waals surface area (Å²) >= 11 is 1.61. The molecule has 0 spiro atoms. The van der Waals surface area contributed by atoms with Crippen LogP contribution in [-0.4, -0.2) is 41.7 Å². The number of carbonyl (C=O) groups is 2. The van der Waals surface area contributed by atoms with Crippen molar-refractivity contribution in [1.82, 2.24) is 10.3 Å². The van der Waals surface area contributed by atoms with Crippen LogP contribution in [0.5, 0.6) is 5.75 Å². The molecule has 0 radical (unpaired) electrons. The maximum absolute atomic E-state index is 12.5. The zero-order valence-electron chi connectivity index (χ0n) is 20.7. The minimum Gasteiger partial charge on any atom is -0.497 e. The van der Waals surface area contributed by atoms with Crippen molar-refractivity contribution in [3.05, 3.63) is 65.0 Å². The Hall–Kier alpha value is -3.39. The minimum atomic E-state index is -1.03. The van der Waals surface area contributed by atoms with Crippen molar-refractivity contribution in [1.29, 1.82) is 0 Å². The average Bonchev–Trinajstić information content (AvgIpc) is 3.35. The number of ether oxygens (including phenoxy) is 1. The van der Waals surface area contributed by atoms with Gasteiger partial charge in [-0.05, 0) is 42.2 Å². The van der Waals surface area contributed by atoms with Gasteiger partial charge in [-0.15, -0.1) is 11.3 Å². The van der Waals surface area contributed by atoms with E-state index in [9.17, 15) is 14.7 Å². The van der Waals surface area contributed by atoms with Crippen LogP contribution in [0.2, 0.25) is 0 Å². The number of carboxylic acids is 1. The summed E-state index contributed by atoms with van der Waals surface area (Å²) in [5, 5.41) is 14.9. The first kappa shape index (κ1) is 26.2. The van der Waals surface area contributed by atoms with E-state index < -0.39 is 12.0 Å². The molecule has 1 aromatic heterocycles. The lowest BCUT2D eigenvalue weighted by Crippen LogP contribution is -2.44. The number of carbonyl (C=O) groups excluding carboxylic acids is 1. The van der Waals surface area contributed by atoms with Gasteiger partial charge in [0, 0.05) is 29.6 Å². The fourth-order valence-corrected chi connectivity index (χ4v) is 4.50. The first-order valence-electron chi connectivity index (χ1n) is 11.8. The van der Waals surface area contributed by atoms with E-state index in [0.717, 1.165) is 47.1 Å². The Morgan fingerprint density at radius 3 is 2.54 bits per heavy atom. The number of amides is 1. The highest BCUT2D eigenvalue weighted by Crippen LogP contribution is 2.30. The van der Waals surface area contributed by atoms with Crippen molar-refractivity contribution in [2.45, 2.75) is 46.2 Å². The van der Waals surface area contributed by atoms with Crippen LogP contribution in [0.4, 0.5) is 5.13 Å². The summed E-state index contributed by atoms with van der Waals surface area (Å²) in [6, 6.07) is 14.3. The van der Waals surface area contributed by atoms with E-state index in [-0.39, 0.29) is 11.8 Å². The summed E-state index contributed by atoms with van der Waals surface area (Å²) in [4.78, 5) is 31.1. The third-order valence-electron chi connectivity index (χ3n) is 5.72. The first-order chi connectivity index (χ1) is 16.8. The standard InChI is InChI=1S/C27H33N3O4S/c1-5-6-14-30(27-28-23(17-35-27)21-8-7-9-22(15-21)34-4)16-19-10-12-20(13-11-19)25(31)29-24(18(2)3)26(32)33/h7-13,15,17-18,24H,5-6,14,16H2,1-4H3,(H,29,31)(H,32,33). The number of hydrogen-bond donors (Lipinski definition) is 2. The summed E-state index contributed by atoms with van der Waals surface area (Å²) in [5.41, 5.74) is 3.42. The third kappa shape index (κ3) is 7.05. The van der Waals surface area contributed by atoms with Crippen molar-refractivity contribution in [3.63, 3.8) is 0 Å². The van der Waals surface area contributed by atoms with Gasteiger partial charge in [0.1, 0.15) is 11.8 Å². The summed E-state index contributed by atoms with van der Waals surface area (Å²) in [6.07, 6.45) is 2.12. The van der Waals surface area contributed by atoms with Gasteiger partial charge in [-0.25, -0.2) is 9.78 Å². The number of nitrogens with zero attached hydrogens (tertiary/aromatic N) is 2. The number of benzene rings is 2. The average molecular weight is 496 g/mol. The van der Waals surface area contributed by atoms with E-state index in [4.69, 9.17) is 9.72 Å². The predicted molar refractivity (Wildman–Crippen MR) is 140 cm³/mol. The number of unbranched alkanes of at least 4 members (excludes halogenated alkanes) is 1. The molecule has 0 fully saturated rings. The van der Waals surface area contributed by atoms with Crippen LogP contribution in [0.15, 0.2) is 53.9 Å². The Labute approximate surface area is 210 Å². The second-order valence-corrected chi connectivity index (χ2v) is 9.59. The molecule has 0 aliphatic rings. The van der Waals surface area contributed by atoms with Crippen molar-refractivity contribution in [3.8, 4) is 17.0 Å². The maximum Gasteiger partial charge on any atom is 0.326 e. The lowest BCUT2D eigenvalue weighted by atomic mass is 10.0. The molecule has 2 aromatic carbocycles. The quantitative estimate of drug-likeness (QED) is 0.346. The second kappa shape index (κ2) is 12.4. The lowest BCUT2D eigenvalue weighted by Gasteiger charge is -2.22. The van der Waals surface area contributed by atoms with E-state index in [1.165, 1.54) is 0 Å². The van der Waals surface area contributed by atoms with Crippen LogP contribution in [0.3, 0.4) is 0 Å². The van der Waals surface area contributed by atoms with E-state index in [1.54, 1.807) is 44.4 Å². The molecule has 1 heterocycles. The lowest BCUT2D eigenvalue weighted by molar-refractivity contribution is -0.140. The first-order valence-corrected chi connectivity index (χ1v) is 12.7. The highest BCUT2D eigenvalue weighted by Gasteiger charge is 2.24. The van der Waals surface area contributed by atoms with Gasteiger partial charge in [-0.3, -0.25) is 4.79 Å². The van der Waals surface area contributed by atoms with Gasteiger partial charge >= 0.3 is 5.97 Å². The number of thiazole rings is 1. The monoisotopic (exact) mass is 495 g/mol. The van der Waals surface area contributed by atoms with Gasteiger partial charge in [0.2, 0.25) is 0 Å². The molecular weight excluding hydrogens is 462 g/mol. The van der Waals surface area contributed by atoms with Crippen molar-refractivity contribution < 1.29 is 19.4 Å². The Bertz CT molecular complexity index is 1130. The molecule has 1 atom stereocenters. The molecule has 1 unspecified atom stereocenters. The second-order valence-electron chi connectivity index (χ2n) is 8.75. The Morgan fingerprint density at radius 2 is 1.91 bits per heavy atom. The Kier molecular flexibility index (Phi) is 9.25. The largest absolute Gasteiger partial charge is 0.497 e. The Balaban J connectivity index is 1.74. The van der Waals surface area contributed by atoms with E-state index in [1.807, 2.05) is 36.4 Å². The van der Waals surface area contributed by atoms with Gasteiger partial charge in [0.25, 0.3) is 5.91 Å². The van der Waals surface area contributed by atoms with Gasteiger partial charge in [0.05, 0.1) is 12.8 Å². The number of rotatable bonds is 12. The van der Waals surface area contributed by atoms with Crippen molar-refractivity contribution >= 4 is 28.3 Å². The van der Waals surface area contributed by atoms with E-state index in [0.29, 0.717) is 12.1 Å². The smallest absolute Gasteiger partial charge is 0.326 e. The molecule has 2 N–H and O–H groups in total. The molecule has 186 valence electrons. The van der Waals surface area contributed by atoms with Gasteiger partial charge in [-0.1, -0.05) is 51.5 Å². The zero-order chi connectivity index (χ0) is 25.4. The number of aliphatic carboxylic acids is 1. The fraction of sp³-hybridized carbons (Fsp3) is 0.370. The topological polar surface area (TPSA) is 91.8 Å². The van der Waals surface area contributed by atoms with Crippen LogP contribution in [-0.2, 0) is 11.3 Å². The van der Waals surface area contributed by atoms with Gasteiger partial charge < -0.3 is 20.1 Å². The molecule has 0 aliphatic carbocycles. The SMILES string of the molecule is CCCCN(Cc1ccc(C(=O)NC(C(=O)O)C(C)C)cc1)c1nc(-c2cccc(OC)c2)cs1. The van der Waals surface area contributed by atoms with Crippen LogP contribution in [0, 0.1) is 5.92 Å². The number of carboxylic acid groups (broad SMARTS) is 1. The number of hydrogen-bond acceptors (Lipinski definition) is 6. The summed E-state index contributed by atoms with van der Waals surface area (Å²) in [6.45, 7) is 7.24. The van der Waals surface area contributed by atoms with Crippen molar-refractivity contribution in [2.24, 2.45) is 5.92 Å². The highest BCUT2D eigenvalue weighted by atomic mass is 32.1. The maximum atomic E-state index is 12.5. The number of anilines is 1. The zero-order valence-corrected chi connectivity index (χ0v) is 21.5. The van der Waals surface area contributed by atoms with E-state index in [2.05, 4.69) is 22.5 Å². The van der Waals surface area contributed by atoms with E-state index >= 15 is 0 Å².